The van der Waals surface area contributed by atoms with E-state index in [1.165, 1.54) is 12.1 Å². The summed E-state index contributed by atoms with van der Waals surface area (Å²) in [5.74, 6) is 1.61. The van der Waals surface area contributed by atoms with E-state index in [4.69, 9.17) is 9.73 Å². The second kappa shape index (κ2) is 9.28. The van der Waals surface area contributed by atoms with Gasteiger partial charge in [-0.15, -0.1) is 0 Å². The molecule has 1 saturated heterocycles. The Hall–Kier alpha value is -1.07. The van der Waals surface area contributed by atoms with E-state index >= 15 is 0 Å². The van der Waals surface area contributed by atoms with Crippen LogP contribution in [0.5, 0.6) is 0 Å². The predicted octanol–water partition coefficient (Wildman–Crippen LogP) is 2.01. The maximum Gasteiger partial charge on any atom is 0.191 e. The molecule has 2 unspecified atom stereocenters. The van der Waals surface area contributed by atoms with Crippen molar-refractivity contribution in [3.05, 3.63) is 11.6 Å². The van der Waals surface area contributed by atoms with E-state index in [0.717, 1.165) is 51.6 Å². The summed E-state index contributed by atoms with van der Waals surface area (Å²) in [4.78, 5) is 7.31. The van der Waals surface area contributed by atoms with Crippen LogP contribution in [0.1, 0.15) is 40.5 Å². The number of nitrogens with zero attached hydrogens (tertiary/aromatic N) is 2. The number of hydrogen-bond donors (Lipinski definition) is 2. The van der Waals surface area contributed by atoms with Crippen LogP contribution < -0.4 is 10.6 Å². The van der Waals surface area contributed by atoms with Crippen molar-refractivity contribution in [2.45, 2.75) is 52.6 Å². The Morgan fingerprint density at radius 1 is 1.43 bits per heavy atom. The molecule has 5 nitrogen and oxygen atoms in total. The molecule has 5 heteroatoms. The van der Waals surface area contributed by atoms with Crippen LogP contribution in [0.25, 0.3) is 0 Å². The highest BCUT2D eigenvalue weighted by atomic mass is 16.5. The molecule has 0 saturated carbocycles. The zero-order chi connectivity index (χ0) is 16.7. The minimum absolute atomic E-state index is 0.484. The lowest BCUT2D eigenvalue weighted by Crippen LogP contribution is -2.46. The van der Waals surface area contributed by atoms with Crippen molar-refractivity contribution >= 4 is 5.96 Å². The minimum Gasteiger partial charge on any atom is -0.377 e. The van der Waals surface area contributed by atoms with Crippen LogP contribution in [0, 0.1) is 5.92 Å². The van der Waals surface area contributed by atoms with Gasteiger partial charge in [0.2, 0.25) is 0 Å². The average molecular weight is 322 g/mol. The molecule has 0 aromatic carbocycles. The third kappa shape index (κ3) is 5.81. The van der Waals surface area contributed by atoms with Gasteiger partial charge >= 0.3 is 0 Å². The summed E-state index contributed by atoms with van der Waals surface area (Å²) in [6, 6.07) is 1.10. The van der Waals surface area contributed by atoms with Crippen molar-refractivity contribution in [1.29, 1.82) is 0 Å². The first kappa shape index (κ1) is 18.3. The molecule has 0 aromatic heterocycles. The second-order valence-electron chi connectivity index (χ2n) is 6.97. The summed E-state index contributed by atoms with van der Waals surface area (Å²) >= 11 is 0. The molecular formula is C18H34N4O. The van der Waals surface area contributed by atoms with Gasteiger partial charge in [0.05, 0.1) is 13.2 Å². The van der Waals surface area contributed by atoms with Gasteiger partial charge in [-0.3, -0.25) is 9.89 Å². The number of guanidine groups is 1. The highest BCUT2D eigenvalue weighted by Crippen LogP contribution is 2.18. The van der Waals surface area contributed by atoms with Crippen molar-refractivity contribution in [1.82, 2.24) is 15.5 Å². The zero-order valence-corrected chi connectivity index (χ0v) is 15.3. The molecule has 2 aliphatic rings. The Kier molecular flexibility index (Phi) is 7.37. The molecule has 0 aromatic rings. The SMILES string of the molecule is CCNC(=NCCC1=CCOCC1)NC1CN(C(C)C)CC1C. The molecular weight excluding hydrogens is 288 g/mol. The molecule has 0 amide bonds. The van der Waals surface area contributed by atoms with Crippen LogP contribution in [0.15, 0.2) is 16.6 Å². The Labute approximate surface area is 141 Å². The summed E-state index contributed by atoms with van der Waals surface area (Å²) in [6.07, 6.45) is 4.31. The summed E-state index contributed by atoms with van der Waals surface area (Å²) in [7, 11) is 0. The van der Waals surface area contributed by atoms with Crippen molar-refractivity contribution in [3.63, 3.8) is 0 Å². The Balaban J connectivity index is 1.85. The van der Waals surface area contributed by atoms with E-state index in [0.29, 0.717) is 18.0 Å². The second-order valence-corrected chi connectivity index (χ2v) is 6.97. The first-order valence-electron chi connectivity index (χ1n) is 9.14. The maximum absolute atomic E-state index is 5.35. The largest absolute Gasteiger partial charge is 0.377 e. The zero-order valence-electron chi connectivity index (χ0n) is 15.3. The Morgan fingerprint density at radius 2 is 2.26 bits per heavy atom. The van der Waals surface area contributed by atoms with Crippen molar-refractivity contribution in [3.8, 4) is 0 Å². The van der Waals surface area contributed by atoms with E-state index in [1.54, 1.807) is 0 Å². The predicted molar refractivity (Wildman–Crippen MR) is 96.9 cm³/mol. The normalized spacial score (nSPS) is 26.5. The third-order valence-corrected chi connectivity index (χ3v) is 4.80. The number of rotatable bonds is 6. The van der Waals surface area contributed by atoms with Crippen LogP contribution in [0.4, 0.5) is 0 Å². The average Bonchev–Trinajstić information content (AvgIpc) is 2.90. The van der Waals surface area contributed by atoms with Crippen molar-refractivity contribution in [2.24, 2.45) is 10.9 Å². The van der Waals surface area contributed by atoms with Gasteiger partial charge in [0.1, 0.15) is 0 Å². The molecule has 23 heavy (non-hydrogen) atoms. The lowest BCUT2D eigenvalue weighted by molar-refractivity contribution is 0.153. The molecule has 2 heterocycles. The van der Waals surface area contributed by atoms with Crippen molar-refractivity contribution < 1.29 is 4.74 Å². The first-order valence-corrected chi connectivity index (χ1v) is 9.14. The van der Waals surface area contributed by atoms with Crippen LogP contribution in [-0.4, -0.2) is 62.3 Å². The third-order valence-electron chi connectivity index (χ3n) is 4.80. The highest BCUT2D eigenvalue weighted by Gasteiger charge is 2.31. The van der Waals surface area contributed by atoms with E-state index < -0.39 is 0 Å². The van der Waals surface area contributed by atoms with Gasteiger partial charge in [0.25, 0.3) is 0 Å². The fourth-order valence-corrected chi connectivity index (χ4v) is 3.21. The van der Waals surface area contributed by atoms with Crippen LogP contribution >= 0.6 is 0 Å². The van der Waals surface area contributed by atoms with Gasteiger partial charge in [0.15, 0.2) is 5.96 Å². The molecule has 132 valence electrons. The molecule has 2 aliphatic heterocycles. The van der Waals surface area contributed by atoms with Gasteiger partial charge < -0.3 is 15.4 Å². The molecule has 1 fully saturated rings. The summed E-state index contributed by atoms with van der Waals surface area (Å²) in [5.41, 5.74) is 1.48. The van der Waals surface area contributed by atoms with E-state index in [1.807, 2.05) is 0 Å². The molecule has 2 N–H and O–H groups in total. The molecule has 0 aliphatic carbocycles. The molecule has 2 rings (SSSR count). The number of nitrogens with one attached hydrogen (secondary N) is 2. The van der Waals surface area contributed by atoms with Gasteiger partial charge in [-0.25, -0.2) is 0 Å². The lowest BCUT2D eigenvalue weighted by Gasteiger charge is -2.22. The lowest BCUT2D eigenvalue weighted by atomic mass is 10.1. The first-order chi connectivity index (χ1) is 11.1. The van der Waals surface area contributed by atoms with Gasteiger partial charge in [-0.1, -0.05) is 18.6 Å². The summed E-state index contributed by atoms with van der Waals surface area (Å²) < 4.78 is 5.35. The smallest absolute Gasteiger partial charge is 0.191 e. The van der Waals surface area contributed by atoms with Crippen LogP contribution in [0.2, 0.25) is 0 Å². The fraction of sp³-hybridized carbons (Fsp3) is 0.833. The van der Waals surface area contributed by atoms with Crippen LogP contribution in [0.3, 0.4) is 0 Å². The highest BCUT2D eigenvalue weighted by molar-refractivity contribution is 5.80. The number of ether oxygens (including phenoxy) is 1. The summed E-state index contributed by atoms with van der Waals surface area (Å²) in [6.45, 7) is 14.6. The summed E-state index contributed by atoms with van der Waals surface area (Å²) in [5, 5.41) is 7.03. The van der Waals surface area contributed by atoms with E-state index in [2.05, 4.69) is 49.3 Å². The number of hydrogen-bond acceptors (Lipinski definition) is 3. The topological polar surface area (TPSA) is 48.9 Å². The molecule has 0 bridgehead atoms. The molecule has 0 spiro atoms. The monoisotopic (exact) mass is 322 g/mol. The maximum atomic E-state index is 5.35. The van der Waals surface area contributed by atoms with Crippen molar-refractivity contribution in [2.75, 3.05) is 39.4 Å². The van der Waals surface area contributed by atoms with Gasteiger partial charge in [-0.2, -0.15) is 0 Å². The quantitative estimate of drug-likeness (QED) is 0.446. The van der Waals surface area contributed by atoms with Crippen LogP contribution in [-0.2, 0) is 4.74 Å². The number of aliphatic imine (C=N–C) groups is 1. The molecule has 0 radical (unpaired) electrons. The standard InChI is InChI=1S/C18H34N4O/c1-5-19-18(20-9-6-16-7-10-23-11-8-16)21-17-13-22(14(2)3)12-15(17)4/h7,14-15,17H,5-6,8-13H2,1-4H3,(H2,19,20,21). The Morgan fingerprint density at radius 3 is 2.87 bits per heavy atom. The number of likely N-dealkylation sites (tertiary alicyclic amines) is 1. The van der Waals surface area contributed by atoms with Gasteiger partial charge in [-0.05, 0) is 39.5 Å². The molecule has 2 atom stereocenters. The Bertz CT molecular complexity index is 419. The van der Waals surface area contributed by atoms with E-state index in [-0.39, 0.29) is 0 Å². The fourth-order valence-electron chi connectivity index (χ4n) is 3.21. The van der Waals surface area contributed by atoms with E-state index in [9.17, 15) is 0 Å². The van der Waals surface area contributed by atoms with Gasteiger partial charge in [0, 0.05) is 38.3 Å². The minimum atomic E-state index is 0.484.